The minimum absolute atomic E-state index is 0.400. The van der Waals surface area contributed by atoms with Crippen LogP contribution in [-0.4, -0.2) is 49.8 Å². The molecule has 2 aliphatic heterocycles. The van der Waals surface area contributed by atoms with Crippen LogP contribution in [0.4, 0.5) is 0 Å². The number of benzene rings is 2. The summed E-state index contributed by atoms with van der Waals surface area (Å²) < 4.78 is 27.8. The number of piperidine rings is 2. The van der Waals surface area contributed by atoms with Crippen molar-refractivity contribution >= 4 is 10.0 Å². The van der Waals surface area contributed by atoms with Crippen LogP contribution in [0.3, 0.4) is 0 Å². The monoisotopic (exact) mass is 398 g/mol. The fourth-order valence-corrected chi connectivity index (χ4v) is 5.91. The first-order valence-corrected chi connectivity index (χ1v) is 11.9. The molecule has 2 fully saturated rings. The van der Waals surface area contributed by atoms with E-state index in [1.807, 2.05) is 42.5 Å². The maximum absolute atomic E-state index is 13.1. The molecule has 150 valence electrons. The number of sulfonamides is 1. The zero-order chi connectivity index (χ0) is 19.6. The maximum Gasteiger partial charge on any atom is 0.243 e. The topological polar surface area (TPSA) is 40.6 Å². The van der Waals surface area contributed by atoms with Crippen molar-refractivity contribution in [1.29, 1.82) is 0 Å². The fraction of sp³-hybridized carbons (Fsp3) is 0.478. The molecule has 2 aromatic carbocycles. The van der Waals surface area contributed by atoms with Crippen molar-refractivity contribution in [2.45, 2.75) is 43.5 Å². The van der Waals surface area contributed by atoms with Crippen LogP contribution < -0.4 is 0 Å². The summed E-state index contributed by atoms with van der Waals surface area (Å²) in [6.07, 6.45) is 4.42. The Labute approximate surface area is 169 Å². The van der Waals surface area contributed by atoms with Gasteiger partial charge in [-0.2, -0.15) is 4.31 Å². The Morgan fingerprint density at radius 3 is 1.93 bits per heavy atom. The Hall–Kier alpha value is -1.69. The lowest BCUT2D eigenvalue weighted by molar-refractivity contribution is 0.101. The second-order valence-corrected chi connectivity index (χ2v) is 10.2. The Morgan fingerprint density at radius 2 is 1.32 bits per heavy atom. The molecule has 0 spiro atoms. The molecule has 28 heavy (non-hydrogen) atoms. The van der Waals surface area contributed by atoms with E-state index in [1.54, 1.807) is 16.4 Å². The van der Waals surface area contributed by atoms with E-state index in [2.05, 4.69) is 11.8 Å². The molecule has 0 bridgehead atoms. The third-order valence-electron chi connectivity index (χ3n) is 6.36. The number of hydrogen-bond donors (Lipinski definition) is 0. The number of hydrogen-bond acceptors (Lipinski definition) is 3. The van der Waals surface area contributed by atoms with Gasteiger partial charge in [-0.05, 0) is 68.0 Å². The fourth-order valence-electron chi connectivity index (χ4n) is 4.44. The van der Waals surface area contributed by atoms with Crippen LogP contribution >= 0.6 is 0 Å². The zero-order valence-electron chi connectivity index (χ0n) is 16.6. The highest BCUT2D eigenvalue weighted by Crippen LogP contribution is 2.27. The molecular weight excluding hydrogens is 368 g/mol. The van der Waals surface area contributed by atoms with Gasteiger partial charge in [0.15, 0.2) is 0 Å². The molecule has 0 radical (unpaired) electrons. The van der Waals surface area contributed by atoms with E-state index in [4.69, 9.17) is 0 Å². The first-order valence-electron chi connectivity index (χ1n) is 10.4. The normalized spacial score (nSPS) is 21.0. The molecule has 0 atom stereocenters. The van der Waals surface area contributed by atoms with Gasteiger partial charge in [0, 0.05) is 19.1 Å². The Kier molecular flexibility index (Phi) is 5.85. The number of likely N-dealkylation sites (tertiary alicyclic amines) is 1. The predicted molar refractivity (Wildman–Crippen MR) is 114 cm³/mol. The van der Waals surface area contributed by atoms with Crippen LogP contribution in [0.25, 0.3) is 11.1 Å². The standard InChI is InChI=1S/C23H30N2O2S/c1-19-11-15-24(16-12-19)22-13-17-25(18-14-22)28(26,27)23-9-7-21(8-10-23)20-5-3-2-4-6-20/h2-10,19,22H,11-18H2,1H3. The average molecular weight is 399 g/mol. The molecule has 0 aliphatic carbocycles. The molecule has 0 unspecified atom stereocenters. The molecule has 2 aliphatic rings. The summed E-state index contributed by atoms with van der Waals surface area (Å²) in [7, 11) is -3.41. The highest BCUT2D eigenvalue weighted by atomic mass is 32.2. The highest BCUT2D eigenvalue weighted by Gasteiger charge is 2.32. The molecular formula is C23H30N2O2S. The lowest BCUT2D eigenvalue weighted by Gasteiger charge is -2.41. The SMILES string of the molecule is CC1CCN(C2CCN(S(=O)(=O)c3ccc(-c4ccccc4)cc3)CC2)CC1. The van der Waals surface area contributed by atoms with E-state index in [1.165, 1.54) is 25.9 Å². The molecule has 4 rings (SSSR count). The second kappa shape index (κ2) is 8.36. The summed E-state index contributed by atoms with van der Waals surface area (Å²) in [6, 6.07) is 17.9. The van der Waals surface area contributed by atoms with Gasteiger partial charge in [-0.25, -0.2) is 8.42 Å². The van der Waals surface area contributed by atoms with Crippen molar-refractivity contribution in [3.8, 4) is 11.1 Å². The van der Waals surface area contributed by atoms with Crippen molar-refractivity contribution in [3.63, 3.8) is 0 Å². The van der Waals surface area contributed by atoms with Gasteiger partial charge >= 0.3 is 0 Å². The van der Waals surface area contributed by atoms with Crippen molar-refractivity contribution in [3.05, 3.63) is 54.6 Å². The predicted octanol–water partition coefficient (Wildman–Crippen LogP) is 4.24. The van der Waals surface area contributed by atoms with E-state index in [9.17, 15) is 8.42 Å². The van der Waals surface area contributed by atoms with Crippen LogP contribution in [0.1, 0.15) is 32.6 Å². The molecule has 0 N–H and O–H groups in total. The Bertz CT molecular complexity index is 865. The molecule has 2 aromatic rings. The van der Waals surface area contributed by atoms with Gasteiger partial charge in [-0.3, -0.25) is 0 Å². The van der Waals surface area contributed by atoms with E-state index in [-0.39, 0.29) is 0 Å². The van der Waals surface area contributed by atoms with Crippen LogP contribution in [0.5, 0.6) is 0 Å². The zero-order valence-corrected chi connectivity index (χ0v) is 17.4. The van der Waals surface area contributed by atoms with Gasteiger partial charge in [0.05, 0.1) is 4.90 Å². The van der Waals surface area contributed by atoms with E-state index in [0.29, 0.717) is 24.0 Å². The van der Waals surface area contributed by atoms with Crippen LogP contribution in [0.2, 0.25) is 0 Å². The van der Waals surface area contributed by atoms with Crippen molar-refractivity contribution in [1.82, 2.24) is 9.21 Å². The summed E-state index contributed by atoms with van der Waals surface area (Å²) in [4.78, 5) is 2.98. The number of rotatable bonds is 4. The third-order valence-corrected chi connectivity index (χ3v) is 8.27. The summed E-state index contributed by atoms with van der Waals surface area (Å²) in [5.74, 6) is 0.829. The molecule has 0 saturated carbocycles. The second-order valence-electron chi connectivity index (χ2n) is 8.24. The molecule has 2 saturated heterocycles. The van der Waals surface area contributed by atoms with E-state index < -0.39 is 10.0 Å². The van der Waals surface area contributed by atoms with Gasteiger partial charge < -0.3 is 4.90 Å². The summed E-state index contributed by atoms with van der Waals surface area (Å²) in [5, 5.41) is 0. The third kappa shape index (κ3) is 4.17. The minimum Gasteiger partial charge on any atom is -0.300 e. The largest absolute Gasteiger partial charge is 0.300 e. The number of nitrogens with zero attached hydrogens (tertiary/aromatic N) is 2. The lowest BCUT2D eigenvalue weighted by atomic mass is 9.95. The van der Waals surface area contributed by atoms with Gasteiger partial charge in [0.25, 0.3) is 0 Å². The molecule has 2 heterocycles. The van der Waals surface area contributed by atoms with Crippen LogP contribution in [-0.2, 0) is 10.0 Å². The Balaban J connectivity index is 1.40. The van der Waals surface area contributed by atoms with E-state index in [0.717, 1.165) is 29.9 Å². The first-order chi connectivity index (χ1) is 13.5. The van der Waals surface area contributed by atoms with Gasteiger partial charge in [0.2, 0.25) is 10.0 Å². The Morgan fingerprint density at radius 1 is 0.750 bits per heavy atom. The molecule has 4 nitrogen and oxygen atoms in total. The molecule has 0 amide bonds. The quantitative estimate of drug-likeness (QED) is 0.773. The van der Waals surface area contributed by atoms with Crippen LogP contribution in [0, 0.1) is 5.92 Å². The molecule has 5 heteroatoms. The van der Waals surface area contributed by atoms with Crippen LogP contribution in [0.15, 0.2) is 59.5 Å². The average Bonchev–Trinajstić information content (AvgIpc) is 2.75. The van der Waals surface area contributed by atoms with Crippen molar-refractivity contribution in [2.75, 3.05) is 26.2 Å². The maximum atomic E-state index is 13.1. The summed E-state index contributed by atoms with van der Waals surface area (Å²) in [6.45, 7) is 5.91. The van der Waals surface area contributed by atoms with Gasteiger partial charge in [-0.15, -0.1) is 0 Å². The smallest absolute Gasteiger partial charge is 0.243 e. The van der Waals surface area contributed by atoms with E-state index >= 15 is 0 Å². The van der Waals surface area contributed by atoms with Crippen molar-refractivity contribution in [2.24, 2.45) is 5.92 Å². The first kappa shape index (κ1) is 19.6. The van der Waals surface area contributed by atoms with Crippen molar-refractivity contribution < 1.29 is 8.42 Å². The minimum atomic E-state index is -3.41. The summed E-state index contributed by atoms with van der Waals surface area (Å²) >= 11 is 0. The van der Waals surface area contributed by atoms with Gasteiger partial charge in [0.1, 0.15) is 0 Å². The van der Waals surface area contributed by atoms with Gasteiger partial charge in [-0.1, -0.05) is 49.4 Å². The molecule has 0 aromatic heterocycles. The lowest BCUT2D eigenvalue weighted by Crippen LogP contribution is -2.48. The summed E-state index contributed by atoms with van der Waals surface area (Å²) in [5.41, 5.74) is 2.14. The highest BCUT2D eigenvalue weighted by molar-refractivity contribution is 7.89.